The van der Waals surface area contributed by atoms with E-state index < -0.39 is 23.6 Å². The van der Waals surface area contributed by atoms with Gasteiger partial charge in [-0.2, -0.15) is 13.2 Å². The van der Waals surface area contributed by atoms with Crippen molar-refractivity contribution in [1.29, 1.82) is 0 Å². The third kappa shape index (κ3) is 5.64. The van der Waals surface area contributed by atoms with Gasteiger partial charge in [0.05, 0.1) is 18.2 Å². The highest BCUT2D eigenvalue weighted by Gasteiger charge is 2.30. The van der Waals surface area contributed by atoms with E-state index in [0.717, 1.165) is 12.1 Å². The predicted octanol–water partition coefficient (Wildman–Crippen LogP) is 5.98. The van der Waals surface area contributed by atoms with Crippen LogP contribution in [0.3, 0.4) is 0 Å². The number of anilines is 2. The van der Waals surface area contributed by atoms with Crippen molar-refractivity contribution >= 4 is 39.1 Å². The zero-order chi connectivity index (χ0) is 22.6. The van der Waals surface area contributed by atoms with Crippen molar-refractivity contribution in [3.8, 4) is 5.75 Å². The summed E-state index contributed by atoms with van der Waals surface area (Å²) < 4.78 is 44.5. The maximum atomic E-state index is 12.9. The fourth-order valence-electron chi connectivity index (χ4n) is 2.77. The van der Waals surface area contributed by atoms with E-state index in [-0.39, 0.29) is 16.8 Å². The van der Waals surface area contributed by atoms with Gasteiger partial charge in [-0.05, 0) is 54.6 Å². The normalized spacial score (nSPS) is 11.0. The van der Waals surface area contributed by atoms with Crippen molar-refractivity contribution in [1.82, 2.24) is 0 Å². The Labute approximate surface area is 184 Å². The van der Waals surface area contributed by atoms with Crippen molar-refractivity contribution in [2.24, 2.45) is 0 Å². The molecule has 0 aliphatic carbocycles. The zero-order valence-electron chi connectivity index (χ0n) is 16.1. The van der Waals surface area contributed by atoms with Crippen LogP contribution in [-0.2, 0) is 6.18 Å². The molecule has 31 heavy (non-hydrogen) atoms. The first-order valence-corrected chi connectivity index (χ1v) is 9.70. The van der Waals surface area contributed by atoms with Gasteiger partial charge in [0.25, 0.3) is 11.8 Å². The minimum Gasteiger partial charge on any atom is -0.496 e. The molecule has 0 saturated carbocycles. The topological polar surface area (TPSA) is 67.4 Å². The van der Waals surface area contributed by atoms with Gasteiger partial charge < -0.3 is 15.4 Å². The van der Waals surface area contributed by atoms with Crippen molar-refractivity contribution < 1.29 is 27.5 Å². The van der Waals surface area contributed by atoms with E-state index in [9.17, 15) is 22.8 Å². The first-order valence-electron chi connectivity index (χ1n) is 8.91. The molecule has 2 N–H and O–H groups in total. The summed E-state index contributed by atoms with van der Waals surface area (Å²) in [5, 5.41) is 5.11. The summed E-state index contributed by atoms with van der Waals surface area (Å²) in [5.74, 6) is -0.691. The van der Waals surface area contributed by atoms with Crippen LogP contribution in [0.25, 0.3) is 0 Å². The van der Waals surface area contributed by atoms with Crippen LogP contribution < -0.4 is 15.4 Å². The number of carbonyl (C=O) groups is 2. The Morgan fingerprint density at radius 2 is 1.52 bits per heavy atom. The number of hydrogen-bond acceptors (Lipinski definition) is 3. The van der Waals surface area contributed by atoms with Gasteiger partial charge in [-0.3, -0.25) is 9.59 Å². The molecule has 2 amide bonds. The minimum absolute atomic E-state index is 0.00753. The molecule has 0 bridgehead atoms. The lowest BCUT2D eigenvalue weighted by atomic mass is 10.1. The van der Waals surface area contributed by atoms with E-state index in [2.05, 4.69) is 26.6 Å². The van der Waals surface area contributed by atoms with Crippen LogP contribution in [0.1, 0.15) is 26.3 Å². The van der Waals surface area contributed by atoms with Gasteiger partial charge >= 0.3 is 6.18 Å². The number of nitrogens with one attached hydrogen (secondary N) is 2. The van der Waals surface area contributed by atoms with Crippen LogP contribution in [0.5, 0.6) is 5.75 Å². The summed E-state index contributed by atoms with van der Waals surface area (Å²) in [6, 6.07) is 15.3. The second-order valence-electron chi connectivity index (χ2n) is 6.41. The SMILES string of the molecule is COc1ccc(Br)cc1C(=O)Nc1cccc(C(=O)Nc2cccc(C(F)(F)F)c2)c1. The predicted molar refractivity (Wildman–Crippen MR) is 114 cm³/mol. The molecule has 3 aromatic carbocycles. The maximum absolute atomic E-state index is 12.9. The quantitative estimate of drug-likeness (QED) is 0.460. The molecule has 0 heterocycles. The second-order valence-corrected chi connectivity index (χ2v) is 7.33. The Balaban J connectivity index is 1.77. The van der Waals surface area contributed by atoms with Crippen LogP contribution >= 0.6 is 15.9 Å². The number of ether oxygens (including phenoxy) is 1. The summed E-state index contributed by atoms with van der Waals surface area (Å²) in [7, 11) is 1.44. The van der Waals surface area contributed by atoms with E-state index in [1.165, 1.54) is 31.4 Å². The number of carbonyl (C=O) groups excluding carboxylic acids is 2. The van der Waals surface area contributed by atoms with Crippen LogP contribution in [0, 0.1) is 0 Å². The van der Waals surface area contributed by atoms with Gasteiger partial charge in [0.1, 0.15) is 5.75 Å². The van der Waals surface area contributed by atoms with Crippen molar-refractivity contribution in [3.63, 3.8) is 0 Å². The number of halogens is 4. The number of methoxy groups -OCH3 is 1. The minimum atomic E-state index is -4.52. The summed E-state index contributed by atoms with van der Waals surface area (Å²) in [6.07, 6.45) is -4.52. The van der Waals surface area contributed by atoms with E-state index in [4.69, 9.17) is 4.74 Å². The van der Waals surface area contributed by atoms with Crippen LogP contribution in [0.4, 0.5) is 24.5 Å². The van der Waals surface area contributed by atoms with E-state index >= 15 is 0 Å². The van der Waals surface area contributed by atoms with Gasteiger partial charge in [0, 0.05) is 21.4 Å². The third-order valence-electron chi connectivity index (χ3n) is 4.24. The number of rotatable bonds is 5. The van der Waals surface area contributed by atoms with Crippen molar-refractivity contribution in [3.05, 3.63) is 87.9 Å². The van der Waals surface area contributed by atoms with Crippen LogP contribution in [0.15, 0.2) is 71.2 Å². The highest BCUT2D eigenvalue weighted by molar-refractivity contribution is 9.10. The standard InChI is InChI=1S/C22H16BrF3N2O3/c1-31-19-9-8-15(23)12-18(19)21(30)28-16-6-2-4-13(10-16)20(29)27-17-7-3-5-14(11-17)22(24,25)26/h2-12H,1H3,(H,27,29)(H,28,30). The van der Waals surface area contributed by atoms with Gasteiger partial charge in [-0.15, -0.1) is 0 Å². The molecule has 0 saturated heterocycles. The Bertz CT molecular complexity index is 1130. The van der Waals surface area contributed by atoms with Gasteiger partial charge in [0.15, 0.2) is 0 Å². The molecule has 0 aliphatic heterocycles. The average Bonchev–Trinajstić information content (AvgIpc) is 2.73. The van der Waals surface area contributed by atoms with E-state index in [1.807, 2.05) is 0 Å². The highest BCUT2D eigenvalue weighted by atomic mass is 79.9. The monoisotopic (exact) mass is 492 g/mol. The molecule has 3 rings (SSSR count). The molecule has 9 heteroatoms. The molecular weight excluding hydrogens is 477 g/mol. The molecule has 3 aromatic rings. The summed E-state index contributed by atoms with van der Waals surface area (Å²) >= 11 is 3.30. The van der Waals surface area contributed by atoms with Gasteiger partial charge in [-0.25, -0.2) is 0 Å². The molecule has 0 aliphatic rings. The Hall–Kier alpha value is -3.33. The number of amides is 2. The van der Waals surface area contributed by atoms with Crippen molar-refractivity contribution in [2.45, 2.75) is 6.18 Å². The molecule has 160 valence electrons. The number of alkyl halides is 3. The second kappa shape index (κ2) is 9.22. The molecular formula is C22H16BrF3N2O3. The molecule has 5 nitrogen and oxygen atoms in total. The van der Waals surface area contributed by atoms with Crippen LogP contribution in [0.2, 0.25) is 0 Å². The highest BCUT2D eigenvalue weighted by Crippen LogP contribution is 2.31. The summed E-state index contributed by atoms with van der Waals surface area (Å²) in [5.41, 5.74) is -0.0711. The van der Waals surface area contributed by atoms with E-state index in [0.29, 0.717) is 15.9 Å². The fourth-order valence-corrected chi connectivity index (χ4v) is 3.13. The molecule has 0 unspecified atom stereocenters. The zero-order valence-corrected chi connectivity index (χ0v) is 17.7. The Morgan fingerprint density at radius 3 is 2.19 bits per heavy atom. The number of benzene rings is 3. The van der Waals surface area contributed by atoms with E-state index in [1.54, 1.807) is 30.3 Å². The maximum Gasteiger partial charge on any atom is 0.416 e. The van der Waals surface area contributed by atoms with Crippen molar-refractivity contribution in [2.75, 3.05) is 17.7 Å². The van der Waals surface area contributed by atoms with Gasteiger partial charge in [-0.1, -0.05) is 28.1 Å². The van der Waals surface area contributed by atoms with Crippen LogP contribution in [-0.4, -0.2) is 18.9 Å². The first kappa shape index (κ1) is 22.4. The Morgan fingerprint density at radius 1 is 0.871 bits per heavy atom. The lowest BCUT2D eigenvalue weighted by molar-refractivity contribution is -0.137. The average molecular weight is 493 g/mol. The van der Waals surface area contributed by atoms with Gasteiger partial charge in [0.2, 0.25) is 0 Å². The first-order chi connectivity index (χ1) is 14.7. The lowest BCUT2D eigenvalue weighted by Crippen LogP contribution is -2.15. The largest absolute Gasteiger partial charge is 0.496 e. The summed E-state index contributed by atoms with van der Waals surface area (Å²) in [6.45, 7) is 0. The molecule has 0 radical (unpaired) electrons. The smallest absolute Gasteiger partial charge is 0.416 e. The lowest BCUT2D eigenvalue weighted by Gasteiger charge is -2.12. The fraction of sp³-hybridized carbons (Fsp3) is 0.0909. The summed E-state index contributed by atoms with van der Waals surface area (Å²) in [4.78, 5) is 25.1. The number of hydrogen-bond donors (Lipinski definition) is 2. The molecule has 0 spiro atoms. The molecule has 0 fully saturated rings. The third-order valence-corrected chi connectivity index (χ3v) is 4.73. The Kier molecular flexibility index (Phi) is 6.65. The molecule has 0 aromatic heterocycles. The molecule has 0 atom stereocenters.